The van der Waals surface area contributed by atoms with Crippen LogP contribution in [0.4, 0.5) is 0 Å². The molecule has 142 valence electrons. The van der Waals surface area contributed by atoms with Crippen molar-refractivity contribution in [1.29, 1.82) is 0 Å². The first-order valence-corrected chi connectivity index (χ1v) is 8.48. The molecule has 2 heterocycles. The van der Waals surface area contributed by atoms with Crippen molar-refractivity contribution in [3.8, 4) is 11.5 Å². The lowest BCUT2D eigenvalue weighted by Gasteiger charge is -2.20. The van der Waals surface area contributed by atoms with E-state index < -0.39 is 0 Å². The normalized spacial score (nSPS) is 13.1. The van der Waals surface area contributed by atoms with Gasteiger partial charge in [0.05, 0.1) is 18.1 Å². The van der Waals surface area contributed by atoms with Gasteiger partial charge >= 0.3 is 0 Å². The summed E-state index contributed by atoms with van der Waals surface area (Å²) in [6, 6.07) is 3.76. The van der Waals surface area contributed by atoms with Crippen molar-refractivity contribution in [2.24, 2.45) is 12.0 Å². The summed E-state index contributed by atoms with van der Waals surface area (Å²) in [5.74, 6) is 2.79. The predicted octanol–water partition coefficient (Wildman–Crippen LogP) is 2.11. The topological polar surface area (TPSA) is 85.6 Å². The number of nitrogens with zero attached hydrogens (tertiary/aromatic N) is 4. The number of guanidine groups is 1. The van der Waals surface area contributed by atoms with E-state index in [0.29, 0.717) is 48.8 Å². The van der Waals surface area contributed by atoms with Crippen LogP contribution in [0.5, 0.6) is 11.5 Å². The van der Waals surface area contributed by atoms with Crippen LogP contribution in [0.3, 0.4) is 0 Å². The first kappa shape index (κ1) is 20.6. The first-order valence-electron chi connectivity index (χ1n) is 8.10. The Morgan fingerprint density at radius 2 is 2.12 bits per heavy atom. The van der Waals surface area contributed by atoms with Crippen LogP contribution in [0.15, 0.2) is 23.5 Å². The number of hydrogen-bond acceptors (Lipinski definition) is 5. The van der Waals surface area contributed by atoms with Crippen LogP contribution in [0.25, 0.3) is 0 Å². The number of hydrogen-bond donors (Lipinski definition) is 2. The summed E-state index contributed by atoms with van der Waals surface area (Å²) in [5.41, 5.74) is 0.949. The van der Waals surface area contributed by atoms with E-state index >= 15 is 0 Å². The number of rotatable bonds is 5. The Morgan fingerprint density at radius 1 is 1.31 bits per heavy atom. The van der Waals surface area contributed by atoms with E-state index in [1.807, 2.05) is 26.1 Å². The van der Waals surface area contributed by atoms with Gasteiger partial charge in [-0.1, -0.05) is 11.6 Å². The number of halogens is 2. The number of benzene rings is 1. The van der Waals surface area contributed by atoms with E-state index in [0.717, 1.165) is 17.9 Å². The molecule has 0 spiro atoms. The lowest BCUT2D eigenvalue weighted by Crippen LogP contribution is -2.37. The lowest BCUT2D eigenvalue weighted by atomic mass is 10.2. The Bertz CT molecular complexity index is 767. The molecule has 1 aromatic carbocycles. The van der Waals surface area contributed by atoms with E-state index in [9.17, 15) is 0 Å². The molecule has 0 amide bonds. The van der Waals surface area contributed by atoms with Gasteiger partial charge in [-0.05, 0) is 24.6 Å². The standard InChI is InChI=1S/C16H21ClN6O2.HI/c1-3-18-16(20-9-14-21-10-22-23(14)2)19-8-11-6-12(17)15-13(7-11)24-4-5-25-15;/h6-7,10H,3-5,8-9H2,1-2H3,(H2,18,19,20);1H. The maximum Gasteiger partial charge on any atom is 0.191 e. The van der Waals surface area contributed by atoms with Crippen LogP contribution in [0, 0.1) is 0 Å². The number of aliphatic imine (C=N–C) groups is 1. The van der Waals surface area contributed by atoms with Crippen molar-refractivity contribution in [3.05, 3.63) is 34.9 Å². The third-order valence-electron chi connectivity index (χ3n) is 3.64. The van der Waals surface area contributed by atoms with Crippen LogP contribution >= 0.6 is 35.6 Å². The molecule has 2 N–H and O–H groups in total. The summed E-state index contributed by atoms with van der Waals surface area (Å²) < 4.78 is 12.9. The Kier molecular flexibility index (Phi) is 7.76. The van der Waals surface area contributed by atoms with Gasteiger partial charge in [-0.3, -0.25) is 4.68 Å². The van der Waals surface area contributed by atoms with Crippen molar-refractivity contribution in [2.45, 2.75) is 20.0 Å². The van der Waals surface area contributed by atoms with Crippen LogP contribution in [-0.2, 0) is 20.1 Å². The van der Waals surface area contributed by atoms with E-state index in [2.05, 4.69) is 25.7 Å². The molecule has 0 saturated carbocycles. The van der Waals surface area contributed by atoms with Crippen molar-refractivity contribution in [3.63, 3.8) is 0 Å². The van der Waals surface area contributed by atoms with Crippen molar-refractivity contribution in [2.75, 3.05) is 19.8 Å². The third-order valence-corrected chi connectivity index (χ3v) is 3.92. The molecule has 1 aliphatic rings. The van der Waals surface area contributed by atoms with Gasteiger partial charge in [-0.25, -0.2) is 9.98 Å². The fraction of sp³-hybridized carbons (Fsp3) is 0.438. The fourth-order valence-electron chi connectivity index (χ4n) is 2.41. The van der Waals surface area contributed by atoms with Gasteiger partial charge in [0, 0.05) is 13.6 Å². The molecule has 10 heteroatoms. The van der Waals surface area contributed by atoms with Crippen LogP contribution in [0.2, 0.25) is 5.02 Å². The smallest absolute Gasteiger partial charge is 0.191 e. The van der Waals surface area contributed by atoms with Crippen molar-refractivity contribution >= 4 is 41.5 Å². The minimum Gasteiger partial charge on any atom is -0.486 e. The molecule has 26 heavy (non-hydrogen) atoms. The maximum absolute atomic E-state index is 6.27. The molecule has 0 saturated heterocycles. The molecule has 0 bridgehead atoms. The second kappa shape index (κ2) is 9.81. The van der Waals surface area contributed by atoms with Crippen LogP contribution in [0.1, 0.15) is 18.3 Å². The highest BCUT2D eigenvalue weighted by atomic mass is 127. The fourth-order valence-corrected chi connectivity index (χ4v) is 2.70. The molecule has 3 rings (SSSR count). The van der Waals surface area contributed by atoms with Crippen LogP contribution in [-0.4, -0.2) is 40.5 Å². The third kappa shape index (κ3) is 5.13. The zero-order chi connectivity index (χ0) is 17.6. The molecule has 1 aliphatic heterocycles. The highest BCUT2D eigenvalue weighted by Crippen LogP contribution is 2.38. The molecule has 8 nitrogen and oxygen atoms in total. The Labute approximate surface area is 174 Å². The second-order valence-corrected chi connectivity index (χ2v) is 5.86. The van der Waals surface area contributed by atoms with E-state index in [4.69, 9.17) is 21.1 Å². The number of ether oxygens (including phenoxy) is 2. The Hall–Kier alpha value is -1.75. The molecule has 2 aromatic rings. The van der Waals surface area contributed by atoms with Gasteiger partial charge in [-0.15, -0.1) is 24.0 Å². The van der Waals surface area contributed by atoms with E-state index in [-0.39, 0.29) is 24.0 Å². The van der Waals surface area contributed by atoms with E-state index in [1.54, 1.807) is 4.68 Å². The molecule has 0 fully saturated rings. The monoisotopic (exact) mass is 492 g/mol. The highest BCUT2D eigenvalue weighted by Gasteiger charge is 2.16. The van der Waals surface area contributed by atoms with Gasteiger partial charge in [0.15, 0.2) is 17.5 Å². The molecule has 1 aromatic heterocycles. The summed E-state index contributed by atoms with van der Waals surface area (Å²) in [6.07, 6.45) is 1.53. The maximum atomic E-state index is 6.27. The molecule has 0 unspecified atom stereocenters. The SMILES string of the molecule is CCNC(=NCc1cc(Cl)c2c(c1)OCCO2)NCc1ncnn1C.I. The number of fused-ring (bicyclic) bond motifs is 1. The summed E-state index contributed by atoms with van der Waals surface area (Å²) in [5, 5.41) is 11.0. The van der Waals surface area contributed by atoms with Gasteiger partial charge in [0.1, 0.15) is 25.4 Å². The number of aromatic nitrogens is 3. The average molecular weight is 493 g/mol. The zero-order valence-corrected chi connectivity index (χ0v) is 17.7. The Balaban J connectivity index is 0.00000243. The summed E-state index contributed by atoms with van der Waals surface area (Å²) >= 11 is 6.27. The van der Waals surface area contributed by atoms with Gasteiger partial charge in [0.25, 0.3) is 0 Å². The predicted molar refractivity (Wildman–Crippen MR) is 111 cm³/mol. The summed E-state index contributed by atoms with van der Waals surface area (Å²) in [7, 11) is 1.85. The minimum absolute atomic E-state index is 0. The number of aryl methyl sites for hydroxylation is 1. The molecule has 0 atom stereocenters. The molecule has 0 aliphatic carbocycles. The Morgan fingerprint density at radius 3 is 2.85 bits per heavy atom. The first-order chi connectivity index (χ1) is 12.2. The summed E-state index contributed by atoms with van der Waals surface area (Å²) in [4.78, 5) is 8.77. The van der Waals surface area contributed by atoms with Gasteiger partial charge in [-0.2, -0.15) is 5.10 Å². The summed E-state index contributed by atoms with van der Waals surface area (Å²) in [6.45, 7) is 4.81. The number of nitrogens with one attached hydrogen (secondary N) is 2. The zero-order valence-electron chi connectivity index (χ0n) is 14.7. The van der Waals surface area contributed by atoms with Gasteiger partial charge < -0.3 is 20.1 Å². The largest absolute Gasteiger partial charge is 0.486 e. The highest BCUT2D eigenvalue weighted by molar-refractivity contribution is 14.0. The molecular formula is C16H22ClIN6O2. The van der Waals surface area contributed by atoms with Crippen LogP contribution < -0.4 is 20.1 Å². The van der Waals surface area contributed by atoms with Crippen molar-refractivity contribution in [1.82, 2.24) is 25.4 Å². The average Bonchev–Trinajstić information content (AvgIpc) is 3.02. The van der Waals surface area contributed by atoms with E-state index in [1.165, 1.54) is 6.33 Å². The second-order valence-electron chi connectivity index (χ2n) is 5.45. The quantitative estimate of drug-likeness (QED) is 0.378. The van der Waals surface area contributed by atoms with Crippen molar-refractivity contribution < 1.29 is 9.47 Å². The van der Waals surface area contributed by atoms with Gasteiger partial charge in [0.2, 0.25) is 0 Å². The minimum atomic E-state index is 0. The molecule has 0 radical (unpaired) electrons. The lowest BCUT2D eigenvalue weighted by molar-refractivity contribution is 0.171. The molecular weight excluding hydrogens is 471 g/mol.